The molecule has 0 aliphatic carbocycles. The topological polar surface area (TPSA) is 50.3 Å². The van der Waals surface area contributed by atoms with E-state index in [1.54, 1.807) is 0 Å². The van der Waals surface area contributed by atoms with Gasteiger partial charge in [-0.3, -0.25) is 14.6 Å². The zero-order valence-corrected chi connectivity index (χ0v) is 13.9. The molecule has 2 heterocycles. The average molecular weight is 363 g/mol. The lowest BCUT2D eigenvalue weighted by molar-refractivity contribution is -0.138. The normalized spacial score (nSPS) is 21.6. The fourth-order valence-corrected chi connectivity index (χ4v) is 3.42. The van der Waals surface area contributed by atoms with Crippen LogP contribution in [0.15, 0.2) is 18.3 Å². The molecule has 1 amide bonds. The van der Waals surface area contributed by atoms with Crippen LogP contribution in [0.2, 0.25) is 0 Å². The van der Waals surface area contributed by atoms with Gasteiger partial charge in [0.25, 0.3) is 5.91 Å². The Balaban J connectivity index is 2.39. The van der Waals surface area contributed by atoms with Crippen molar-refractivity contribution in [3.8, 4) is 0 Å². The molecule has 0 bridgehead atoms. The molecule has 4 nitrogen and oxygen atoms in total. The summed E-state index contributed by atoms with van der Waals surface area (Å²) < 4.78 is 39.4. The van der Waals surface area contributed by atoms with Crippen LogP contribution in [0, 0.1) is 5.92 Å². The largest absolute Gasteiger partial charge is 0.418 e. The standard InChI is InChI=1S/C16H18ClF3N2O2/c1-2-5-12-10(14(17)23)6-4-9-22(12)15(24)13-11(16(18,19)20)7-3-8-21-13/h3,7-8,10,12H,2,4-6,9H2,1H3. The molecule has 0 N–H and O–H groups in total. The fraction of sp³-hybridized carbons (Fsp3) is 0.562. The van der Waals surface area contributed by atoms with Gasteiger partial charge in [0.1, 0.15) is 5.69 Å². The maximum absolute atomic E-state index is 13.1. The van der Waals surface area contributed by atoms with Crippen LogP contribution in [0.25, 0.3) is 0 Å². The summed E-state index contributed by atoms with van der Waals surface area (Å²) >= 11 is 5.63. The third-order valence-corrected chi connectivity index (χ3v) is 4.51. The molecule has 0 spiro atoms. The maximum Gasteiger partial charge on any atom is 0.418 e. The van der Waals surface area contributed by atoms with Gasteiger partial charge in [-0.15, -0.1) is 0 Å². The molecule has 0 aromatic carbocycles. The Bertz CT molecular complexity index is 622. The minimum absolute atomic E-state index is 0.290. The highest BCUT2D eigenvalue weighted by Gasteiger charge is 2.41. The second-order valence-electron chi connectivity index (χ2n) is 5.80. The first-order chi connectivity index (χ1) is 11.3. The minimum Gasteiger partial charge on any atom is -0.334 e. The Labute approximate surface area is 143 Å². The molecule has 2 rings (SSSR count). The number of halogens is 4. The smallest absolute Gasteiger partial charge is 0.334 e. The van der Waals surface area contributed by atoms with E-state index < -0.39 is 40.5 Å². The number of carbonyl (C=O) groups excluding carboxylic acids is 2. The molecule has 24 heavy (non-hydrogen) atoms. The molecule has 1 aromatic rings. The summed E-state index contributed by atoms with van der Waals surface area (Å²) in [5, 5.41) is -0.553. The number of hydrogen-bond donors (Lipinski definition) is 0. The lowest BCUT2D eigenvalue weighted by Gasteiger charge is -2.40. The van der Waals surface area contributed by atoms with E-state index in [1.165, 1.54) is 4.90 Å². The van der Waals surface area contributed by atoms with E-state index in [0.29, 0.717) is 25.7 Å². The van der Waals surface area contributed by atoms with E-state index in [1.807, 2.05) is 6.92 Å². The van der Waals surface area contributed by atoms with Crippen LogP contribution in [0.3, 0.4) is 0 Å². The molecule has 1 aliphatic heterocycles. The highest BCUT2D eigenvalue weighted by molar-refractivity contribution is 6.64. The quantitative estimate of drug-likeness (QED) is 0.763. The summed E-state index contributed by atoms with van der Waals surface area (Å²) in [5.41, 5.74) is -1.70. The second kappa shape index (κ2) is 7.51. The first kappa shape index (κ1) is 18.7. The van der Waals surface area contributed by atoms with E-state index in [9.17, 15) is 22.8 Å². The predicted octanol–water partition coefficient (Wildman–Crippen LogP) is 3.89. The molecule has 1 aromatic heterocycles. The monoisotopic (exact) mass is 362 g/mol. The van der Waals surface area contributed by atoms with Crippen molar-refractivity contribution in [3.63, 3.8) is 0 Å². The Hall–Kier alpha value is -1.63. The lowest BCUT2D eigenvalue weighted by Crippen LogP contribution is -2.50. The fourth-order valence-electron chi connectivity index (χ4n) is 3.17. The minimum atomic E-state index is -4.67. The number of hydrogen-bond acceptors (Lipinski definition) is 3. The van der Waals surface area contributed by atoms with Crippen LogP contribution in [0.5, 0.6) is 0 Å². The van der Waals surface area contributed by atoms with E-state index in [-0.39, 0.29) is 6.54 Å². The maximum atomic E-state index is 13.1. The Morgan fingerprint density at radius 1 is 1.42 bits per heavy atom. The van der Waals surface area contributed by atoms with Crippen LogP contribution >= 0.6 is 11.6 Å². The molecule has 0 saturated carbocycles. The van der Waals surface area contributed by atoms with Crippen molar-refractivity contribution in [1.82, 2.24) is 9.88 Å². The van der Waals surface area contributed by atoms with Gasteiger partial charge < -0.3 is 4.90 Å². The molecular weight excluding hydrogens is 345 g/mol. The molecule has 132 valence electrons. The van der Waals surface area contributed by atoms with Crippen LogP contribution < -0.4 is 0 Å². The molecule has 0 radical (unpaired) electrons. The van der Waals surface area contributed by atoms with Crippen molar-refractivity contribution in [3.05, 3.63) is 29.6 Å². The van der Waals surface area contributed by atoms with Crippen LogP contribution in [-0.2, 0) is 11.0 Å². The summed E-state index contributed by atoms with van der Waals surface area (Å²) in [5.74, 6) is -1.36. The van der Waals surface area contributed by atoms with Crippen LogP contribution in [-0.4, -0.2) is 33.6 Å². The van der Waals surface area contributed by atoms with Crippen molar-refractivity contribution in [2.45, 2.75) is 44.8 Å². The third kappa shape index (κ3) is 3.88. The Morgan fingerprint density at radius 3 is 2.71 bits per heavy atom. The summed E-state index contributed by atoms with van der Waals surface area (Å²) in [6.45, 7) is 2.17. The molecule has 2 unspecified atom stereocenters. The molecule has 1 aliphatic rings. The number of aromatic nitrogens is 1. The number of pyridine rings is 1. The van der Waals surface area contributed by atoms with E-state index in [4.69, 9.17) is 11.6 Å². The van der Waals surface area contributed by atoms with Crippen molar-refractivity contribution >= 4 is 22.8 Å². The first-order valence-electron chi connectivity index (χ1n) is 7.79. The van der Waals surface area contributed by atoms with Gasteiger partial charge in [-0.1, -0.05) is 13.3 Å². The molecule has 2 atom stereocenters. The molecular formula is C16H18ClF3N2O2. The summed E-state index contributed by atoms with van der Waals surface area (Å²) in [6, 6.07) is 1.48. The average Bonchev–Trinajstić information content (AvgIpc) is 2.53. The Morgan fingerprint density at radius 2 is 2.12 bits per heavy atom. The third-order valence-electron chi connectivity index (χ3n) is 4.23. The van der Waals surface area contributed by atoms with Crippen LogP contribution in [0.4, 0.5) is 13.2 Å². The lowest BCUT2D eigenvalue weighted by atomic mass is 9.87. The molecule has 1 saturated heterocycles. The van der Waals surface area contributed by atoms with E-state index in [0.717, 1.165) is 18.3 Å². The van der Waals surface area contributed by atoms with Gasteiger partial charge in [-0.25, -0.2) is 0 Å². The SMILES string of the molecule is CCCC1C(C(=O)Cl)CCCN1C(=O)c1ncccc1C(F)(F)F. The number of likely N-dealkylation sites (tertiary alicyclic amines) is 1. The predicted molar refractivity (Wildman–Crippen MR) is 82.6 cm³/mol. The zero-order valence-electron chi connectivity index (χ0n) is 13.1. The highest BCUT2D eigenvalue weighted by Crippen LogP contribution is 2.34. The number of carbonyl (C=O) groups is 2. The Kier molecular flexibility index (Phi) is 5.85. The van der Waals surface area contributed by atoms with Crippen molar-refractivity contribution in [2.24, 2.45) is 5.92 Å². The number of rotatable bonds is 4. The van der Waals surface area contributed by atoms with Gasteiger partial charge in [-0.05, 0) is 43.0 Å². The molecule has 1 fully saturated rings. The summed E-state index contributed by atoms with van der Waals surface area (Å²) in [6.07, 6.45) is -1.27. The van der Waals surface area contributed by atoms with Gasteiger partial charge in [0.2, 0.25) is 5.24 Å². The van der Waals surface area contributed by atoms with Gasteiger partial charge >= 0.3 is 6.18 Å². The number of nitrogens with zero attached hydrogens (tertiary/aromatic N) is 2. The number of piperidine rings is 1. The highest BCUT2D eigenvalue weighted by atomic mass is 35.5. The van der Waals surface area contributed by atoms with Crippen molar-refractivity contribution < 1.29 is 22.8 Å². The second-order valence-corrected chi connectivity index (χ2v) is 6.18. The van der Waals surface area contributed by atoms with Gasteiger partial charge in [-0.2, -0.15) is 13.2 Å². The van der Waals surface area contributed by atoms with Crippen molar-refractivity contribution in [2.75, 3.05) is 6.54 Å². The first-order valence-corrected chi connectivity index (χ1v) is 8.17. The van der Waals surface area contributed by atoms with Gasteiger partial charge in [0, 0.05) is 18.8 Å². The summed E-state index contributed by atoms with van der Waals surface area (Å²) in [4.78, 5) is 29.4. The van der Waals surface area contributed by atoms with Gasteiger partial charge in [0.15, 0.2) is 0 Å². The summed E-state index contributed by atoms with van der Waals surface area (Å²) in [7, 11) is 0. The number of amides is 1. The van der Waals surface area contributed by atoms with Crippen molar-refractivity contribution in [1.29, 1.82) is 0 Å². The van der Waals surface area contributed by atoms with E-state index >= 15 is 0 Å². The molecule has 8 heteroatoms. The van der Waals surface area contributed by atoms with Crippen LogP contribution in [0.1, 0.15) is 48.7 Å². The zero-order chi connectivity index (χ0) is 17.9. The van der Waals surface area contributed by atoms with Gasteiger partial charge in [0.05, 0.1) is 11.5 Å². The number of alkyl halides is 3. The van der Waals surface area contributed by atoms with E-state index in [2.05, 4.69) is 4.98 Å².